The lowest BCUT2D eigenvalue weighted by Crippen LogP contribution is -2.31. The van der Waals surface area contributed by atoms with E-state index in [1.807, 2.05) is 0 Å². The van der Waals surface area contributed by atoms with Crippen LogP contribution in [0, 0.1) is 0 Å². The minimum absolute atomic E-state index is 1.01. The summed E-state index contributed by atoms with van der Waals surface area (Å²) in [5, 5.41) is 0. The minimum Gasteiger partial charge on any atom is -0.307 e. The lowest BCUT2D eigenvalue weighted by molar-refractivity contribution is 0.565. The highest BCUT2D eigenvalue weighted by atomic mass is 35.6. The highest BCUT2D eigenvalue weighted by Gasteiger charge is 2.32. The third kappa shape index (κ3) is 1.80. The number of carbonyl (C=O) groups excluding carboxylic acids is 1. The molecule has 1 aliphatic heterocycles. The van der Waals surface area contributed by atoms with E-state index in [0.717, 1.165) is 18.0 Å². The van der Waals surface area contributed by atoms with Gasteiger partial charge in [-0.25, -0.2) is 0 Å². The second kappa shape index (κ2) is 2.84. The molecule has 0 aromatic rings. The van der Waals surface area contributed by atoms with Crippen LogP contribution >= 0.6 is 11.1 Å². The van der Waals surface area contributed by atoms with Crippen LogP contribution in [0.5, 0.6) is 0 Å². The average molecular weight is 163 g/mol. The molecule has 1 heterocycles. The first-order valence-electron chi connectivity index (χ1n) is 3.42. The monoisotopic (exact) mass is 162 g/mol. The summed E-state index contributed by atoms with van der Waals surface area (Å²) in [6.07, 6.45) is 3.62. The van der Waals surface area contributed by atoms with E-state index >= 15 is 0 Å². The average Bonchev–Trinajstić information content (AvgIpc) is 1.90. The highest BCUT2D eigenvalue weighted by molar-refractivity contribution is 7.33. The Morgan fingerprint density at radius 2 is 1.78 bits per heavy atom. The zero-order valence-corrected chi connectivity index (χ0v) is 7.16. The largest absolute Gasteiger partial charge is 0.307 e. The highest BCUT2D eigenvalue weighted by Crippen LogP contribution is 2.29. The van der Waals surface area contributed by atoms with Crippen molar-refractivity contribution in [1.29, 1.82) is 0 Å². The molecule has 0 aromatic carbocycles. The number of rotatable bonds is 1. The number of halogens is 1. The minimum atomic E-state index is -1.82. The van der Waals surface area contributed by atoms with E-state index in [-0.39, 0.29) is 0 Å². The van der Waals surface area contributed by atoms with E-state index in [9.17, 15) is 4.79 Å². The van der Waals surface area contributed by atoms with Gasteiger partial charge in [-0.1, -0.05) is 19.3 Å². The molecule has 0 radical (unpaired) electrons. The quantitative estimate of drug-likeness (QED) is 0.328. The van der Waals surface area contributed by atoms with Crippen LogP contribution < -0.4 is 0 Å². The van der Waals surface area contributed by atoms with Crippen LogP contribution in [0.3, 0.4) is 0 Å². The molecule has 0 spiro atoms. The first-order chi connectivity index (χ1) is 4.27. The van der Waals surface area contributed by atoms with Crippen LogP contribution in [0.4, 0.5) is 0 Å². The molecule has 0 aliphatic carbocycles. The van der Waals surface area contributed by atoms with E-state index in [2.05, 4.69) is 0 Å². The zero-order chi connectivity index (χ0) is 6.74. The SMILES string of the molecule is O=C[Si]1(Cl)CCCCC1. The Kier molecular flexibility index (Phi) is 2.30. The van der Waals surface area contributed by atoms with Gasteiger partial charge >= 0.3 is 0 Å². The van der Waals surface area contributed by atoms with Gasteiger partial charge < -0.3 is 4.79 Å². The Morgan fingerprint density at radius 3 is 2.11 bits per heavy atom. The van der Waals surface area contributed by atoms with Gasteiger partial charge in [-0.15, -0.1) is 0 Å². The van der Waals surface area contributed by atoms with Gasteiger partial charge in [0, 0.05) is 0 Å². The Labute approximate surface area is 61.1 Å². The van der Waals surface area contributed by atoms with E-state index < -0.39 is 7.38 Å². The summed E-state index contributed by atoms with van der Waals surface area (Å²) in [4.78, 5) is 10.4. The number of hydrogen-bond donors (Lipinski definition) is 0. The summed E-state index contributed by atoms with van der Waals surface area (Å²) in [6, 6.07) is 2.02. The molecule has 0 amide bonds. The molecule has 0 N–H and O–H groups in total. The Balaban J connectivity index is 2.46. The number of hydrogen-bond acceptors (Lipinski definition) is 1. The van der Waals surface area contributed by atoms with Crippen LogP contribution in [-0.4, -0.2) is 13.3 Å². The van der Waals surface area contributed by atoms with E-state index in [1.54, 1.807) is 0 Å². The third-order valence-corrected chi connectivity index (χ3v) is 6.09. The second-order valence-electron chi connectivity index (χ2n) is 2.71. The van der Waals surface area contributed by atoms with E-state index in [1.165, 1.54) is 19.3 Å². The van der Waals surface area contributed by atoms with Crippen LogP contribution in [-0.2, 0) is 4.79 Å². The molecule has 3 heteroatoms. The Morgan fingerprint density at radius 1 is 1.22 bits per heavy atom. The van der Waals surface area contributed by atoms with Crippen molar-refractivity contribution in [3.63, 3.8) is 0 Å². The van der Waals surface area contributed by atoms with Gasteiger partial charge in [0.25, 0.3) is 0 Å². The molecule has 0 aromatic heterocycles. The summed E-state index contributed by atoms with van der Waals surface area (Å²) in [5.41, 5.74) is 0. The molecule has 0 unspecified atom stereocenters. The molecular formula is C6H11ClOSi. The van der Waals surface area contributed by atoms with Crippen molar-refractivity contribution < 1.29 is 4.79 Å². The smallest absolute Gasteiger partial charge is 0.225 e. The van der Waals surface area contributed by atoms with Gasteiger partial charge in [-0.2, -0.15) is 11.1 Å². The first-order valence-corrected chi connectivity index (χ1v) is 6.92. The van der Waals surface area contributed by atoms with Crippen LogP contribution in [0.15, 0.2) is 0 Å². The Hall–Kier alpha value is 0.177. The van der Waals surface area contributed by atoms with E-state index in [0.29, 0.717) is 0 Å². The molecule has 1 saturated heterocycles. The van der Waals surface area contributed by atoms with Crippen LogP contribution in [0.2, 0.25) is 12.1 Å². The van der Waals surface area contributed by atoms with E-state index in [4.69, 9.17) is 11.1 Å². The fourth-order valence-corrected chi connectivity index (χ4v) is 4.22. The van der Waals surface area contributed by atoms with Crippen molar-refractivity contribution in [3.05, 3.63) is 0 Å². The van der Waals surface area contributed by atoms with Gasteiger partial charge in [-0.05, 0) is 12.1 Å². The maximum atomic E-state index is 10.4. The van der Waals surface area contributed by atoms with Crippen molar-refractivity contribution in [2.24, 2.45) is 0 Å². The molecule has 0 bridgehead atoms. The Bertz CT molecular complexity index is 110. The molecule has 0 atom stereocenters. The van der Waals surface area contributed by atoms with Crippen molar-refractivity contribution in [1.82, 2.24) is 0 Å². The summed E-state index contributed by atoms with van der Waals surface area (Å²) < 4.78 is 0. The molecule has 1 rings (SSSR count). The van der Waals surface area contributed by atoms with Crippen molar-refractivity contribution >= 4 is 24.4 Å². The van der Waals surface area contributed by atoms with Crippen LogP contribution in [0.25, 0.3) is 0 Å². The lowest BCUT2D eigenvalue weighted by Gasteiger charge is -2.21. The molecule has 1 nitrogen and oxygen atoms in total. The van der Waals surface area contributed by atoms with Crippen LogP contribution in [0.1, 0.15) is 19.3 Å². The predicted octanol–water partition coefficient (Wildman–Crippen LogP) is 2.13. The standard InChI is InChI=1S/C6H11ClOSi/c7-9(6-8)4-2-1-3-5-9/h6H,1-5H2. The topological polar surface area (TPSA) is 17.1 Å². The maximum absolute atomic E-state index is 10.4. The normalized spacial score (nSPS) is 25.4. The summed E-state index contributed by atoms with van der Waals surface area (Å²) in [5.74, 6) is 1.04. The first kappa shape index (κ1) is 7.29. The second-order valence-corrected chi connectivity index (χ2v) is 8.28. The predicted molar refractivity (Wildman–Crippen MR) is 41.8 cm³/mol. The van der Waals surface area contributed by atoms with Gasteiger partial charge in [0.1, 0.15) is 5.91 Å². The molecule has 9 heavy (non-hydrogen) atoms. The summed E-state index contributed by atoms with van der Waals surface area (Å²) in [7, 11) is -1.82. The fraction of sp³-hybridized carbons (Fsp3) is 0.833. The fourth-order valence-electron chi connectivity index (χ4n) is 1.26. The van der Waals surface area contributed by atoms with Crippen molar-refractivity contribution in [2.45, 2.75) is 31.4 Å². The summed E-state index contributed by atoms with van der Waals surface area (Å²) in [6.45, 7) is 0. The molecule has 0 saturated carbocycles. The third-order valence-electron chi connectivity index (χ3n) is 1.90. The van der Waals surface area contributed by atoms with Gasteiger partial charge in [0.2, 0.25) is 7.38 Å². The molecule has 1 aliphatic rings. The van der Waals surface area contributed by atoms with Gasteiger partial charge in [0.05, 0.1) is 0 Å². The number of carbonyl (C=O) groups is 1. The molecule has 52 valence electrons. The lowest BCUT2D eigenvalue weighted by atomic mass is 10.3. The maximum Gasteiger partial charge on any atom is 0.225 e. The van der Waals surface area contributed by atoms with Gasteiger partial charge in [0.15, 0.2) is 0 Å². The molecule has 1 fully saturated rings. The van der Waals surface area contributed by atoms with Crippen molar-refractivity contribution in [3.8, 4) is 0 Å². The van der Waals surface area contributed by atoms with Crippen molar-refractivity contribution in [2.75, 3.05) is 0 Å². The van der Waals surface area contributed by atoms with Gasteiger partial charge in [-0.3, -0.25) is 0 Å². The molecular weight excluding hydrogens is 152 g/mol. The zero-order valence-electron chi connectivity index (χ0n) is 5.40. The summed E-state index contributed by atoms with van der Waals surface area (Å²) >= 11 is 6.03.